The predicted octanol–water partition coefficient (Wildman–Crippen LogP) is 4.25. The highest BCUT2D eigenvalue weighted by Gasteiger charge is 2.27. The van der Waals surface area contributed by atoms with Crippen LogP contribution in [0.1, 0.15) is 18.1 Å². The van der Waals surface area contributed by atoms with Crippen molar-refractivity contribution >= 4 is 35.3 Å². The highest BCUT2D eigenvalue weighted by atomic mass is 35.5. The van der Waals surface area contributed by atoms with Crippen molar-refractivity contribution in [3.05, 3.63) is 76.3 Å². The molecule has 0 aliphatic carbocycles. The van der Waals surface area contributed by atoms with Crippen molar-refractivity contribution in [2.45, 2.75) is 6.92 Å². The highest BCUT2D eigenvalue weighted by Crippen LogP contribution is 2.35. The molecule has 0 saturated carbocycles. The van der Waals surface area contributed by atoms with Crippen molar-refractivity contribution < 1.29 is 0 Å². The molecule has 0 bridgehead atoms. The Morgan fingerprint density at radius 1 is 1.04 bits per heavy atom. The maximum atomic E-state index is 6.08. The summed E-state index contributed by atoms with van der Waals surface area (Å²) in [7, 11) is 0. The number of hydrogen-bond acceptors (Lipinski definition) is 4. The summed E-state index contributed by atoms with van der Waals surface area (Å²) in [6.45, 7) is 2.06. The summed E-state index contributed by atoms with van der Waals surface area (Å²) >= 11 is 6.08. The Labute approximate surface area is 139 Å². The maximum absolute atomic E-state index is 6.08. The van der Waals surface area contributed by atoms with Gasteiger partial charge in [-0.3, -0.25) is 4.90 Å². The maximum Gasteiger partial charge on any atom is 0.139 e. The van der Waals surface area contributed by atoms with Gasteiger partial charge in [-0.25, -0.2) is 5.01 Å². The van der Waals surface area contributed by atoms with Crippen molar-refractivity contribution in [2.75, 3.05) is 10.6 Å². The van der Waals surface area contributed by atoms with Gasteiger partial charge in [-0.1, -0.05) is 17.7 Å². The molecule has 0 amide bonds. The molecule has 4 rings (SSSR count). The first kappa shape index (κ1) is 13.9. The SMILES string of the molecule is CC1=CN2N=Cc3cc(Cl)ccc3C=C2N1c1ccc(N)cc1. The van der Waals surface area contributed by atoms with Gasteiger partial charge in [0.1, 0.15) is 5.82 Å². The standard InChI is InChI=1S/C18H15ClN4/c1-12-11-22-18(23(12)17-6-4-16(20)5-7-17)9-13-2-3-15(19)8-14(13)10-21-22/h2-11H,20H2,1H3. The van der Waals surface area contributed by atoms with E-state index >= 15 is 0 Å². The van der Waals surface area contributed by atoms with E-state index in [0.29, 0.717) is 5.02 Å². The van der Waals surface area contributed by atoms with Gasteiger partial charge in [0, 0.05) is 27.7 Å². The van der Waals surface area contributed by atoms with E-state index < -0.39 is 0 Å². The van der Waals surface area contributed by atoms with Crippen LogP contribution in [0.2, 0.25) is 5.02 Å². The number of halogens is 1. The number of rotatable bonds is 1. The Balaban J connectivity index is 1.83. The molecule has 2 aromatic carbocycles. The molecule has 0 unspecified atom stereocenters. The van der Waals surface area contributed by atoms with Crippen molar-refractivity contribution in [1.29, 1.82) is 0 Å². The summed E-state index contributed by atoms with van der Waals surface area (Å²) in [5, 5.41) is 7.13. The molecule has 0 aromatic heterocycles. The first-order chi connectivity index (χ1) is 11.1. The van der Waals surface area contributed by atoms with Gasteiger partial charge < -0.3 is 5.73 Å². The Morgan fingerprint density at radius 2 is 1.83 bits per heavy atom. The van der Waals surface area contributed by atoms with Gasteiger partial charge in [-0.15, -0.1) is 0 Å². The lowest BCUT2D eigenvalue weighted by Crippen LogP contribution is -2.20. The van der Waals surface area contributed by atoms with Crippen molar-refractivity contribution in [3.8, 4) is 0 Å². The Morgan fingerprint density at radius 3 is 2.61 bits per heavy atom. The van der Waals surface area contributed by atoms with Gasteiger partial charge in [0.25, 0.3) is 0 Å². The van der Waals surface area contributed by atoms with Crippen LogP contribution in [0.25, 0.3) is 6.08 Å². The molecule has 2 N–H and O–H groups in total. The van der Waals surface area contributed by atoms with Crippen LogP contribution in [-0.2, 0) is 0 Å². The molecule has 2 heterocycles. The molecule has 2 aliphatic heterocycles. The van der Waals surface area contributed by atoms with E-state index in [2.05, 4.69) is 23.0 Å². The lowest BCUT2D eigenvalue weighted by Gasteiger charge is -2.23. The highest BCUT2D eigenvalue weighted by molar-refractivity contribution is 6.31. The van der Waals surface area contributed by atoms with E-state index in [4.69, 9.17) is 17.3 Å². The van der Waals surface area contributed by atoms with Gasteiger partial charge in [0.2, 0.25) is 0 Å². The molecule has 0 atom stereocenters. The van der Waals surface area contributed by atoms with Crippen LogP contribution in [0, 0.1) is 0 Å². The van der Waals surface area contributed by atoms with Gasteiger partial charge in [-0.05, 0) is 55.0 Å². The van der Waals surface area contributed by atoms with Crippen LogP contribution in [-0.4, -0.2) is 11.2 Å². The van der Waals surface area contributed by atoms with Gasteiger partial charge in [0.15, 0.2) is 0 Å². The fourth-order valence-electron chi connectivity index (χ4n) is 2.82. The normalized spacial score (nSPS) is 15.7. The van der Waals surface area contributed by atoms with E-state index in [1.165, 1.54) is 0 Å². The number of nitrogens with two attached hydrogens (primary N) is 1. The summed E-state index contributed by atoms with van der Waals surface area (Å²) in [6, 6.07) is 13.6. The summed E-state index contributed by atoms with van der Waals surface area (Å²) in [5.74, 6) is 0.976. The average Bonchev–Trinajstić information content (AvgIpc) is 2.73. The van der Waals surface area contributed by atoms with E-state index in [9.17, 15) is 0 Å². The molecule has 2 aliphatic rings. The summed E-state index contributed by atoms with van der Waals surface area (Å²) < 4.78 is 0. The Hall–Kier alpha value is -2.72. The summed E-state index contributed by atoms with van der Waals surface area (Å²) in [5.41, 5.74) is 10.8. The minimum atomic E-state index is 0.706. The van der Waals surface area contributed by atoms with Gasteiger partial charge >= 0.3 is 0 Å². The molecular formula is C18H15ClN4. The quantitative estimate of drug-likeness (QED) is 0.798. The predicted molar refractivity (Wildman–Crippen MR) is 96.0 cm³/mol. The smallest absolute Gasteiger partial charge is 0.139 e. The molecule has 0 spiro atoms. The van der Waals surface area contributed by atoms with E-state index in [1.807, 2.05) is 59.9 Å². The van der Waals surface area contributed by atoms with Crippen LogP contribution in [0.15, 0.2) is 65.3 Å². The number of fused-ring (bicyclic) bond motifs is 2. The minimum Gasteiger partial charge on any atom is -0.399 e. The molecule has 114 valence electrons. The molecular weight excluding hydrogens is 308 g/mol. The summed E-state index contributed by atoms with van der Waals surface area (Å²) in [6.07, 6.45) is 5.95. The molecule has 0 radical (unpaired) electrons. The number of hydrazone groups is 1. The number of benzene rings is 2. The first-order valence-corrected chi connectivity index (χ1v) is 7.68. The van der Waals surface area contributed by atoms with Crippen LogP contribution in [0.3, 0.4) is 0 Å². The Kier molecular flexibility index (Phi) is 3.13. The second kappa shape index (κ2) is 5.18. The third-order valence-corrected chi connectivity index (χ3v) is 4.17. The van der Waals surface area contributed by atoms with Crippen molar-refractivity contribution in [1.82, 2.24) is 5.01 Å². The van der Waals surface area contributed by atoms with Crippen molar-refractivity contribution in [3.63, 3.8) is 0 Å². The fraction of sp³-hybridized carbons (Fsp3) is 0.0556. The first-order valence-electron chi connectivity index (χ1n) is 7.30. The lowest BCUT2D eigenvalue weighted by atomic mass is 10.1. The monoisotopic (exact) mass is 322 g/mol. The zero-order valence-electron chi connectivity index (χ0n) is 12.6. The van der Waals surface area contributed by atoms with Gasteiger partial charge in [0.05, 0.1) is 12.4 Å². The second-order valence-corrected chi connectivity index (χ2v) is 6.00. The Bertz CT molecular complexity index is 865. The topological polar surface area (TPSA) is 44.9 Å². The van der Waals surface area contributed by atoms with Crippen LogP contribution in [0.4, 0.5) is 11.4 Å². The van der Waals surface area contributed by atoms with E-state index in [1.54, 1.807) is 0 Å². The molecule has 23 heavy (non-hydrogen) atoms. The third kappa shape index (κ3) is 2.37. The van der Waals surface area contributed by atoms with Crippen LogP contribution >= 0.6 is 11.6 Å². The summed E-state index contributed by atoms with van der Waals surface area (Å²) in [4.78, 5) is 2.15. The third-order valence-electron chi connectivity index (χ3n) is 3.93. The molecule has 0 fully saturated rings. The number of nitrogens with zero attached hydrogens (tertiary/aromatic N) is 3. The molecule has 5 heteroatoms. The average molecular weight is 323 g/mol. The number of nitrogen functional groups attached to an aromatic ring is 1. The number of anilines is 2. The van der Waals surface area contributed by atoms with Gasteiger partial charge in [-0.2, -0.15) is 5.10 Å². The van der Waals surface area contributed by atoms with Crippen molar-refractivity contribution in [2.24, 2.45) is 5.10 Å². The zero-order valence-corrected chi connectivity index (χ0v) is 13.3. The van der Waals surface area contributed by atoms with Crippen LogP contribution in [0.5, 0.6) is 0 Å². The van der Waals surface area contributed by atoms with E-state index in [-0.39, 0.29) is 0 Å². The van der Waals surface area contributed by atoms with E-state index in [0.717, 1.165) is 34.0 Å². The molecule has 2 aromatic rings. The second-order valence-electron chi connectivity index (χ2n) is 5.56. The number of hydrogen-bond donors (Lipinski definition) is 1. The fourth-order valence-corrected chi connectivity index (χ4v) is 3.00. The number of allylic oxidation sites excluding steroid dienone is 1. The zero-order chi connectivity index (χ0) is 16.0. The largest absolute Gasteiger partial charge is 0.399 e. The van der Waals surface area contributed by atoms with Crippen LogP contribution < -0.4 is 10.6 Å². The minimum absolute atomic E-state index is 0.706. The molecule has 0 saturated heterocycles. The molecule has 4 nitrogen and oxygen atoms in total. The lowest BCUT2D eigenvalue weighted by molar-refractivity contribution is 0.520.